The van der Waals surface area contributed by atoms with Crippen LogP contribution in [0.5, 0.6) is 11.5 Å². The average Bonchev–Trinajstić information content (AvgIpc) is 2.47. The Bertz CT molecular complexity index is 567. The molecule has 2 rings (SSSR count). The number of aryl methyl sites for hydroxylation is 1. The lowest BCUT2D eigenvalue weighted by molar-refractivity contribution is 0.413. The molecular weight excluding hydrogens is 252 g/mol. The molecule has 1 atom stereocenters. The van der Waals surface area contributed by atoms with E-state index in [1.54, 1.807) is 20.4 Å². The van der Waals surface area contributed by atoms with E-state index in [0.29, 0.717) is 0 Å². The zero-order valence-electron chi connectivity index (χ0n) is 12.3. The van der Waals surface area contributed by atoms with E-state index < -0.39 is 0 Å². The average molecular weight is 272 g/mol. The minimum absolute atomic E-state index is 0.164. The van der Waals surface area contributed by atoms with Crippen LogP contribution in [0.2, 0.25) is 0 Å². The van der Waals surface area contributed by atoms with Gasteiger partial charge in [0.25, 0.3) is 0 Å². The molecule has 1 N–H and O–H groups in total. The molecule has 1 aromatic carbocycles. The molecule has 2 aromatic rings. The third kappa shape index (κ3) is 3.20. The number of hydrogen-bond donors (Lipinski definition) is 1. The first kappa shape index (κ1) is 14.2. The molecule has 0 radical (unpaired) electrons. The van der Waals surface area contributed by atoms with Crippen LogP contribution >= 0.6 is 0 Å². The number of nitrogens with zero attached hydrogens (tertiary/aromatic N) is 1. The Morgan fingerprint density at radius 3 is 2.40 bits per heavy atom. The highest BCUT2D eigenvalue weighted by molar-refractivity contribution is 5.57. The van der Waals surface area contributed by atoms with Gasteiger partial charge in [-0.05, 0) is 37.6 Å². The quantitative estimate of drug-likeness (QED) is 0.903. The van der Waals surface area contributed by atoms with Gasteiger partial charge >= 0.3 is 0 Å². The predicted molar refractivity (Wildman–Crippen MR) is 80.6 cm³/mol. The molecule has 0 aliphatic heterocycles. The second-order valence-electron chi connectivity index (χ2n) is 4.67. The van der Waals surface area contributed by atoms with Gasteiger partial charge in [-0.25, -0.2) is 0 Å². The van der Waals surface area contributed by atoms with Crippen LogP contribution in [-0.2, 0) is 0 Å². The van der Waals surface area contributed by atoms with E-state index in [9.17, 15) is 0 Å². The molecular formula is C16H20N2O2. The van der Waals surface area contributed by atoms with Gasteiger partial charge in [0.05, 0.1) is 26.1 Å². The second kappa shape index (κ2) is 6.28. The molecule has 0 fully saturated rings. The molecule has 0 saturated carbocycles. The van der Waals surface area contributed by atoms with Crippen LogP contribution in [0.25, 0.3) is 0 Å². The van der Waals surface area contributed by atoms with E-state index >= 15 is 0 Å². The summed E-state index contributed by atoms with van der Waals surface area (Å²) in [5, 5.41) is 3.45. The standard InChI is InChI=1S/C16H20N2O2/c1-11-9-15(16(20-4)10-17-11)18-12(2)13-5-7-14(19-3)8-6-13/h5-10,12H,1-4H3,(H,17,18). The van der Waals surface area contributed by atoms with E-state index in [0.717, 1.165) is 22.9 Å². The van der Waals surface area contributed by atoms with Crippen molar-refractivity contribution in [2.45, 2.75) is 19.9 Å². The molecule has 106 valence electrons. The Labute approximate surface area is 119 Å². The van der Waals surface area contributed by atoms with Gasteiger partial charge in [-0.15, -0.1) is 0 Å². The number of benzene rings is 1. The number of hydrogen-bond acceptors (Lipinski definition) is 4. The van der Waals surface area contributed by atoms with Gasteiger partial charge in [-0.3, -0.25) is 4.98 Å². The van der Waals surface area contributed by atoms with Crippen molar-refractivity contribution in [1.82, 2.24) is 4.98 Å². The molecule has 1 heterocycles. The summed E-state index contributed by atoms with van der Waals surface area (Å²) in [7, 11) is 3.32. The van der Waals surface area contributed by atoms with Gasteiger partial charge in [0.2, 0.25) is 0 Å². The lowest BCUT2D eigenvalue weighted by atomic mass is 10.1. The van der Waals surface area contributed by atoms with E-state index in [1.165, 1.54) is 5.56 Å². The Kier molecular flexibility index (Phi) is 4.45. The van der Waals surface area contributed by atoms with Crippen molar-refractivity contribution in [3.63, 3.8) is 0 Å². The summed E-state index contributed by atoms with van der Waals surface area (Å²) in [6.45, 7) is 4.07. The Balaban J connectivity index is 2.17. The van der Waals surface area contributed by atoms with Crippen molar-refractivity contribution in [2.75, 3.05) is 19.5 Å². The molecule has 1 aromatic heterocycles. The smallest absolute Gasteiger partial charge is 0.160 e. The van der Waals surface area contributed by atoms with Crippen molar-refractivity contribution < 1.29 is 9.47 Å². The summed E-state index contributed by atoms with van der Waals surface area (Å²) in [5.41, 5.74) is 3.08. The first-order valence-electron chi connectivity index (χ1n) is 6.55. The fourth-order valence-corrected chi connectivity index (χ4v) is 2.03. The highest BCUT2D eigenvalue weighted by atomic mass is 16.5. The fraction of sp³-hybridized carbons (Fsp3) is 0.312. The molecule has 20 heavy (non-hydrogen) atoms. The van der Waals surface area contributed by atoms with Gasteiger partial charge in [0, 0.05) is 11.7 Å². The predicted octanol–water partition coefficient (Wildman–Crippen LogP) is 3.58. The summed E-state index contributed by atoms with van der Waals surface area (Å²) in [6.07, 6.45) is 1.73. The molecule has 0 aliphatic carbocycles. The lowest BCUT2D eigenvalue weighted by Gasteiger charge is -2.18. The maximum atomic E-state index is 5.33. The Morgan fingerprint density at radius 2 is 1.80 bits per heavy atom. The third-order valence-corrected chi connectivity index (χ3v) is 3.21. The molecule has 0 spiro atoms. The van der Waals surface area contributed by atoms with Crippen LogP contribution in [0.4, 0.5) is 5.69 Å². The summed E-state index contributed by atoms with van der Waals surface area (Å²) in [4.78, 5) is 4.23. The molecule has 1 unspecified atom stereocenters. The summed E-state index contributed by atoms with van der Waals surface area (Å²) in [5.74, 6) is 1.61. The van der Waals surface area contributed by atoms with Crippen molar-refractivity contribution in [3.05, 3.63) is 47.8 Å². The zero-order chi connectivity index (χ0) is 14.5. The first-order valence-corrected chi connectivity index (χ1v) is 6.55. The normalized spacial score (nSPS) is 11.8. The molecule has 0 amide bonds. The number of anilines is 1. The van der Waals surface area contributed by atoms with Crippen LogP contribution in [0, 0.1) is 6.92 Å². The first-order chi connectivity index (χ1) is 9.63. The van der Waals surface area contributed by atoms with E-state index in [4.69, 9.17) is 9.47 Å². The van der Waals surface area contributed by atoms with Crippen LogP contribution in [-0.4, -0.2) is 19.2 Å². The fourth-order valence-electron chi connectivity index (χ4n) is 2.03. The van der Waals surface area contributed by atoms with Gasteiger partial charge in [0.1, 0.15) is 5.75 Å². The van der Waals surface area contributed by atoms with Gasteiger partial charge in [-0.2, -0.15) is 0 Å². The molecule has 0 bridgehead atoms. The van der Waals surface area contributed by atoms with Crippen molar-refractivity contribution in [2.24, 2.45) is 0 Å². The number of methoxy groups -OCH3 is 2. The summed E-state index contributed by atoms with van der Waals surface area (Å²) >= 11 is 0. The number of pyridine rings is 1. The van der Waals surface area contributed by atoms with Crippen LogP contribution in [0.15, 0.2) is 36.5 Å². The highest BCUT2D eigenvalue weighted by Gasteiger charge is 2.10. The minimum Gasteiger partial charge on any atom is -0.497 e. The lowest BCUT2D eigenvalue weighted by Crippen LogP contribution is -2.08. The van der Waals surface area contributed by atoms with Crippen LogP contribution in [0.1, 0.15) is 24.2 Å². The number of aromatic nitrogens is 1. The van der Waals surface area contributed by atoms with Crippen molar-refractivity contribution in [1.29, 1.82) is 0 Å². The highest BCUT2D eigenvalue weighted by Crippen LogP contribution is 2.28. The SMILES string of the molecule is COc1ccc(C(C)Nc2cc(C)ncc2OC)cc1. The van der Waals surface area contributed by atoms with Crippen molar-refractivity contribution in [3.8, 4) is 11.5 Å². The molecule has 4 heteroatoms. The summed E-state index contributed by atoms with van der Waals surface area (Å²) in [6, 6.07) is 10.2. The topological polar surface area (TPSA) is 43.4 Å². The largest absolute Gasteiger partial charge is 0.497 e. The number of ether oxygens (including phenoxy) is 2. The Hall–Kier alpha value is -2.23. The minimum atomic E-state index is 0.164. The van der Waals surface area contributed by atoms with Crippen molar-refractivity contribution >= 4 is 5.69 Å². The van der Waals surface area contributed by atoms with Crippen LogP contribution < -0.4 is 14.8 Å². The number of rotatable bonds is 5. The number of nitrogens with one attached hydrogen (secondary N) is 1. The maximum absolute atomic E-state index is 5.33. The van der Waals surface area contributed by atoms with Gasteiger partial charge in [0.15, 0.2) is 5.75 Å². The van der Waals surface area contributed by atoms with Gasteiger partial charge in [-0.1, -0.05) is 12.1 Å². The summed E-state index contributed by atoms with van der Waals surface area (Å²) < 4.78 is 10.5. The second-order valence-corrected chi connectivity index (χ2v) is 4.67. The third-order valence-electron chi connectivity index (χ3n) is 3.21. The molecule has 4 nitrogen and oxygen atoms in total. The maximum Gasteiger partial charge on any atom is 0.160 e. The molecule has 0 aliphatic rings. The van der Waals surface area contributed by atoms with E-state index in [2.05, 4.69) is 29.4 Å². The van der Waals surface area contributed by atoms with E-state index in [1.807, 2.05) is 25.1 Å². The zero-order valence-corrected chi connectivity index (χ0v) is 12.3. The monoisotopic (exact) mass is 272 g/mol. The van der Waals surface area contributed by atoms with Gasteiger partial charge < -0.3 is 14.8 Å². The van der Waals surface area contributed by atoms with E-state index in [-0.39, 0.29) is 6.04 Å². The van der Waals surface area contributed by atoms with Crippen LogP contribution in [0.3, 0.4) is 0 Å². The Morgan fingerprint density at radius 1 is 1.10 bits per heavy atom. The molecule has 0 saturated heterocycles.